The minimum atomic E-state index is -0.817. The van der Waals surface area contributed by atoms with Gasteiger partial charge in [-0.2, -0.15) is 5.10 Å². The van der Waals surface area contributed by atoms with E-state index in [1.807, 2.05) is 30.3 Å². The number of hydrogen-bond donors (Lipinski definition) is 1. The maximum atomic E-state index is 12.8. The van der Waals surface area contributed by atoms with E-state index in [9.17, 15) is 14.4 Å². The molecule has 0 unspecified atom stereocenters. The van der Waals surface area contributed by atoms with Crippen LogP contribution < -0.4 is 4.74 Å². The lowest BCUT2D eigenvalue weighted by Gasteiger charge is -2.07. The number of methoxy groups -OCH3 is 1. The van der Waals surface area contributed by atoms with Crippen molar-refractivity contribution >= 4 is 17.7 Å². The van der Waals surface area contributed by atoms with Gasteiger partial charge in [0.15, 0.2) is 12.4 Å². The summed E-state index contributed by atoms with van der Waals surface area (Å²) in [6, 6.07) is 9.17. The third kappa shape index (κ3) is 4.50. The Kier molecular flexibility index (Phi) is 6.54. The minimum Gasteiger partial charge on any atom is -0.493 e. The molecule has 3 rings (SSSR count). The zero-order valence-electron chi connectivity index (χ0n) is 17.7. The van der Waals surface area contributed by atoms with Crippen LogP contribution in [0.15, 0.2) is 36.5 Å². The number of hydrogen-bond acceptors (Lipinski definition) is 7. The number of Topliss-reactive ketones (excluding diaryl/α,β-unsaturated/α-hetero) is 1. The van der Waals surface area contributed by atoms with Gasteiger partial charge in [-0.15, -0.1) is 0 Å². The van der Waals surface area contributed by atoms with Gasteiger partial charge in [-0.1, -0.05) is 18.2 Å². The Morgan fingerprint density at radius 3 is 2.32 bits per heavy atom. The normalized spacial score (nSPS) is 10.6. The second-order valence-corrected chi connectivity index (χ2v) is 6.67. The first-order valence-corrected chi connectivity index (χ1v) is 9.63. The number of ether oxygens (including phenoxy) is 3. The fourth-order valence-electron chi connectivity index (χ4n) is 3.22. The number of benzene rings is 1. The van der Waals surface area contributed by atoms with Crippen LogP contribution in [0.4, 0.5) is 0 Å². The number of carbonyl (C=O) groups excluding carboxylic acids is 3. The van der Waals surface area contributed by atoms with Gasteiger partial charge < -0.3 is 19.2 Å². The van der Waals surface area contributed by atoms with Gasteiger partial charge in [0, 0.05) is 11.4 Å². The molecule has 0 saturated heterocycles. The lowest BCUT2D eigenvalue weighted by atomic mass is 10.1. The molecule has 9 nitrogen and oxygen atoms in total. The molecule has 0 fully saturated rings. The van der Waals surface area contributed by atoms with Crippen LogP contribution in [-0.2, 0) is 9.47 Å². The summed E-state index contributed by atoms with van der Waals surface area (Å²) >= 11 is 0. The molecule has 0 aliphatic heterocycles. The van der Waals surface area contributed by atoms with Gasteiger partial charge in [0.25, 0.3) is 0 Å². The number of esters is 2. The summed E-state index contributed by atoms with van der Waals surface area (Å²) in [5.41, 5.74) is 1.96. The maximum absolute atomic E-state index is 12.8. The van der Waals surface area contributed by atoms with E-state index in [4.69, 9.17) is 14.2 Å². The van der Waals surface area contributed by atoms with Gasteiger partial charge in [-0.3, -0.25) is 4.79 Å². The SMILES string of the molecule is CCOC(=O)c1c(C)[nH]c(C)c1C(=O)COC(=O)c1nn(-c2ccccc2)cc1OC. The molecule has 0 amide bonds. The van der Waals surface area contributed by atoms with E-state index in [0.29, 0.717) is 11.4 Å². The summed E-state index contributed by atoms with van der Waals surface area (Å²) in [5, 5.41) is 4.22. The van der Waals surface area contributed by atoms with Crippen molar-refractivity contribution in [3.63, 3.8) is 0 Å². The summed E-state index contributed by atoms with van der Waals surface area (Å²) < 4.78 is 16.9. The molecule has 0 saturated carbocycles. The first-order valence-electron chi connectivity index (χ1n) is 9.63. The summed E-state index contributed by atoms with van der Waals surface area (Å²) in [7, 11) is 1.41. The fraction of sp³-hybridized carbons (Fsp3) is 0.273. The number of rotatable bonds is 8. The van der Waals surface area contributed by atoms with E-state index >= 15 is 0 Å². The van der Waals surface area contributed by atoms with Crippen LogP contribution in [-0.4, -0.2) is 52.8 Å². The maximum Gasteiger partial charge on any atom is 0.363 e. The highest BCUT2D eigenvalue weighted by Gasteiger charge is 2.27. The summed E-state index contributed by atoms with van der Waals surface area (Å²) in [5.74, 6) is -1.74. The monoisotopic (exact) mass is 425 g/mol. The second-order valence-electron chi connectivity index (χ2n) is 6.67. The van der Waals surface area contributed by atoms with Crippen molar-refractivity contribution in [1.29, 1.82) is 0 Å². The summed E-state index contributed by atoms with van der Waals surface area (Å²) in [4.78, 5) is 40.6. The van der Waals surface area contributed by atoms with Crippen molar-refractivity contribution in [2.75, 3.05) is 20.3 Å². The average Bonchev–Trinajstić information content (AvgIpc) is 3.33. The number of nitrogens with zero attached hydrogens (tertiary/aromatic N) is 2. The van der Waals surface area contributed by atoms with E-state index in [1.165, 1.54) is 11.8 Å². The fourth-order valence-corrected chi connectivity index (χ4v) is 3.22. The Labute approximate surface area is 178 Å². The molecule has 3 aromatic rings. The quantitative estimate of drug-likeness (QED) is 0.436. The number of nitrogens with one attached hydrogen (secondary N) is 1. The molecular formula is C22H23N3O6. The van der Waals surface area contributed by atoms with Crippen LogP contribution >= 0.6 is 0 Å². The molecule has 0 spiro atoms. The summed E-state index contributed by atoms with van der Waals surface area (Å²) in [6.45, 7) is 4.62. The van der Waals surface area contributed by atoms with Crippen molar-refractivity contribution in [2.24, 2.45) is 0 Å². The molecule has 2 heterocycles. The first-order chi connectivity index (χ1) is 14.9. The smallest absolute Gasteiger partial charge is 0.363 e. The van der Waals surface area contributed by atoms with E-state index in [1.54, 1.807) is 27.0 Å². The number of aryl methyl sites for hydroxylation is 2. The zero-order valence-corrected chi connectivity index (χ0v) is 17.7. The van der Waals surface area contributed by atoms with Crippen molar-refractivity contribution < 1.29 is 28.6 Å². The number of aromatic nitrogens is 3. The van der Waals surface area contributed by atoms with Gasteiger partial charge in [0.2, 0.25) is 11.5 Å². The molecule has 0 radical (unpaired) electrons. The van der Waals surface area contributed by atoms with E-state index in [2.05, 4.69) is 10.1 Å². The lowest BCUT2D eigenvalue weighted by molar-refractivity contribution is 0.0463. The summed E-state index contributed by atoms with van der Waals surface area (Å²) in [6.07, 6.45) is 1.55. The highest BCUT2D eigenvalue weighted by molar-refractivity contribution is 6.09. The molecule has 0 aliphatic rings. The molecule has 0 atom stereocenters. The van der Waals surface area contributed by atoms with Crippen LogP contribution in [0.2, 0.25) is 0 Å². The minimum absolute atomic E-state index is 0.0632. The van der Waals surface area contributed by atoms with Crippen molar-refractivity contribution in [3.05, 3.63) is 64.7 Å². The predicted octanol–water partition coefficient (Wildman–Crippen LogP) is 3.04. The van der Waals surface area contributed by atoms with Crippen molar-refractivity contribution in [2.45, 2.75) is 20.8 Å². The van der Waals surface area contributed by atoms with Crippen LogP contribution in [0.1, 0.15) is 49.5 Å². The van der Waals surface area contributed by atoms with Crippen molar-refractivity contribution in [3.8, 4) is 11.4 Å². The van der Waals surface area contributed by atoms with Crippen LogP contribution in [0, 0.1) is 13.8 Å². The van der Waals surface area contributed by atoms with Crippen molar-refractivity contribution in [1.82, 2.24) is 14.8 Å². The van der Waals surface area contributed by atoms with Gasteiger partial charge >= 0.3 is 11.9 Å². The molecular weight excluding hydrogens is 402 g/mol. The molecule has 1 N–H and O–H groups in total. The van der Waals surface area contributed by atoms with Gasteiger partial charge in [0.1, 0.15) is 0 Å². The van der Waals surface area contributed by atoms with Crippen LogP contribution in [0.3, 0.4) is 0 Å². The number of aromatic amines is 1. The third-order valence-electron chi connectivity index (χ3n) is 4.58. The van der Waals surface area contributed by atoms with E-state index in [0.717, 1.165) is 5.69 Å². The second kappa shape index (κ2) is 9.29. The topological polar surface area (TPSA) is 113 Å². The molecule has 9 heteroatoms. The Hall–Kier alpha value is -3.88. The average molecular weight is 425 g/mol. The Morgan fingerprint density at radius 1 is 1.00 bits per heavy atom. The third-order valence-corrected chi connectivity index (χ3v) is 4.58. The van der Waals surface area contributed by atoms with Crippen LogP contribution in [0.25, 0.3) is 5.69 Å². The first kappa shape index (κ1) is 21.8. The van der Waals surface area contributed by atoms with Gasteiger partial charge in [0.05, 0.1) is 36.7 Å². The number of H-pyrrole nitrogens is 1. The molecule has 0 bridgehead atoms. The highest BCUT2D eigenvalue weighted by atomic mass is 16.5. The molecule has 1 aromatic carbocycles. The predicted molar refractivity (Wildman–Crippen MR) is 111 cm³/mol. The van der Waals surface area contributed by atoms with Gasteiger partial charge in [-0.25, -0.2) is 14.3 Å². The standard InChI is InChI=1S/C22H23N3O6/c1-5-30-21(27)19-14(3)23-13(2)18(19)16(26)12-31-22(28)20-17(29-4)11-25(24-20)15-9-7-6-8-10-15/h6-11,23H,5,12H2,1-4H3. The number of carbonyl (C=O) groups is 3. The van der Waals surface area contributed by atoms with Crippen LogP contribution in [0.5, 0.6) is 5.75 Å². The van der Waals surface area contributed by atoms with E-state index < -0.39 is 24.3 Å². The zero-order chi connectivity index (χ0) is 22.5. The Morgan fingerprint density at radius 2 is 1.68 bits per heavy atom. The molecule has 162 valence electrons. The Bertz CT molecular complexity index is 1110. The lowest BCUT2D eigenvalue weighted by Crippen LogP contribution is -2.18. The highest BCUT2D eigenvalue weighted by Crippen LogP contribution is 2.22. The molecule has 0 aliphatic carbocycles. The molecule has 2 aromatic heterocycles. The molecule has 31 heavy (non-hydrogen) atoms. The largest absolute Gasteiger partial charge is 0.493 e. The van der Waals surface area contributed by atoms with E-state index in [-0.39, 0.29) is 29.2 Å². The number of para-hydroxylation sites is 1. The Balaban J connectivity index is 1.78. The number of ketones is 1. The van der Waals surface area contributed by atoms with Gasteiger partial charge in [-0.05, 0) is 32.9 Å².